The number of ether oxygens (including phenoxy) is 1. The van der Waals surface area contributed by atoms with Crippen molar-refractivity contribution in [3.8, 4) is 0 Å². The predicted octanol–water partition coefficient (Wildman–Crippen LogP) is 0.971. The monoisotopic (exact) mass is 155 g/mol. The molecule has 2 rings (SSSR count). The molecule has 1 heterocycles. The molecule has 0 aromatic heterocycles. The van der Waals surface area contributed by atoms with Crippen LogP contribution in [0.25, 0.3) is 0 Å². The molecule has 0 spiro atoms. The highest BCUT2D eigenvalue weighted by molar-refractivity contribution is 5.05. The minimum atomic E-state index is 0.414. The number of nitrogens with zero attached hydrogens (tertiary/aromatic N) is 1. The van der Waals surface area contributed by atoms with Gasteiger partial charge in [0.2, 0.25) is 0 Å². The lowest BCUT2D eigenvalue weighted by Crippen LogP contribution is -2.38. The second-order valence-corrected chi connectivity index (χ2v) is 4.03. The van der Waals surface area contributed by atoms with Crippen LogP contribution in [0.2, 0.25) is 0 Å². The van der Waals surface area contributed by atoms with Gasteiger partial charge in [0.25, 0.3) is 0 Å². The number of hydrogen-bond donors (Lipinski definition) is 0. The molecule has 2 fully saturated rings. The van der Waals surface area contributed by atoms with E-state index in [0.717, 1.165) is 11.8 Å². The molecule has 1 unspecified atom stereocenters. The Morgan fingerprint density at radius 1 is 1.55 bits per heavy atom. The zero-order valence-electron chi connectivity index (χ0n) is 7.58. The van der Waals surface area contributed by atoms with Gasteiger partial charge in [0.05, 0.1) is 6.10 Å². The van der Waals surface area contributed by atoms with Crippen molar-refractivity contribution in [2.75, 3.05) is 20.7 Å². The van der Waals surface area contributed by atoms with Crippen molar-refractivity contribution < 1.29 is 4.74 Å². The number of piperidine rings is 1. The third-order valence-corrected chi connectivity index (χ3v) is 3.30. The molecule has 0 bridgehead atoms. The fraction of sp³-hybridized carbons (Fsp3) is 1.00. The largest absolute Gasteiger partial charge is 0.380 e. The Balaban J connectivity index is 2.00. The van der Waals surface area contributed by atoms with Crippen molar-refractivity contribution in [1.29, 1.82) is 0 Å². The molecular formula is C9H17NO. The van der Waals surface area contributed by atoms with E-state index in [1.807, 2.05) is 7.11 Å². The van der Waals surface area contributed by atoms with Crippen molar-refractivity contribution in [1.82, 2.24) is 4.90 Å². The molecule has 0 aromatic carbocycles. The predicted molar refractivity (Wildman–Crippen MR) is 44.5 cm³/mol. The second-order valence-electron chi connectivity index (χ2n) is 4.03. The summed E-state index contributed by atoms with van der Waals surface area (Å²) in [6, 6.07) is 0.699. The molecule has 4 atom stereocenters. The lowest BCUT2D eigenvalue weighted by Gasteiger charge is -2.27. The van der Waals surface area contributed by atoms with E-state index in [1.165, 1.54) is 13.0 Å². The lowest BCUT2D eigenvalue weighted by molar-refractivity contribution is 0.0415. The van der Waals surface area contributed by atoms with E-state index in [4.69, 9.17) is 4.74 Å². The number of rotatable bonds is 2. The average molecular weight is 155 g/mol. The summed E-state index contributed by atoms with van der Waals surface area (Å²) in [5, 5.41) is 0. The van der Waals surface area contributed by atoms with Gasteiger partial charge in [0, 0.05) is 19.7 Å². The maximum absolute atomic E-state index is 5.36. The van der Waals surface area contributed by atoms with Crippen LogP contribution >= 0.6 is 0 Å². The van der Waals surface area contributed by atoms with Gasteiger partial charge in [-0.25, -0.2) is 0 Å². The fourth-order valence-electron chi connectivity index (χ4n) is 2.56. The van der Waals surface area contributed by atoms with Crippen LogP contribution in [0, 0.1) is 11.8 Å². The molecule has 64 valence electrons. The first-order chi connectivity index (χ1) is 5.24. The first-order valence-electron chi connectivity index (χ1n) is 4.47. The number of methoxy groups -OCH3 is 1. The zero-order chi connectivity index (χ0) is 8.01. The van der Waals surface area contributed by atoms with Gasteiger partial charge in [-0.3, -0.25) is 0 Å². The van der Waals surface area contributed by atoms with E-state index >= 15 is 0 Å². The third-order valence-electron chi connectivity index (χ3n) is 3.30. The maximum atomic E-state index is 5.36. The van der Waals surface area contributed by atoms with E-state index in [9.17, 15) is 0 Å². The highest BCUT2D eigenvalue weighted by atomic mass is 16.5. The molecule has 0 N–H and O–H groups in total. The topological polar surface area (TPSA) is 12.5 Å². The molecule has 2 heteroatoms. The van der Waals surface area contributed by atoms with Crippen LogP contribution in [-0.4, -0.2) is 37.7 Å². The number of hydrogen-bond acceptors (Lipinski definition) is 2. The summed E-state index contributed by atoms with van der Waals surface area (Å²) < 4.78 is 5.36. The number of fused-ring (bicyclic) bond motifs is 1. The lowest BCUT2D eigenvalue weighted by atomic mass is 10.1. The SMILES string of the molecule is COC(C)[C@@H]1[C@H]2C[C@H]2CN1C. The van der Waals surface area contributed by atoms with Crippen LogP contribution in [-0.2, 0) is 4.74 Å². The van der Waals surface area contributed by atoms with E-state index in [2.05, 4.69) is 18.9 Å². The Labute approximate surface area is 68.5 Å². The van der Waals surface area contributed by atoms with Crippen LogP contribution in [0.4, 0.5) is 0 Å². The van der Waals surface area contributed by atoms with E-state index in [-0.39, 0.29) is 0 Å². The Bertz CT molecular complexity index is 158. The minimum Gasteiger partial charge on any atom is -0.380 e. The van der Waals surface area contributed by atoms with Crippen molar-refractivity contribution in [3.63, 3.8) is 0 Å². The molecule has 2 aliphatic rings. The van der Waals surface area contributed by atoms with Crippen molar-refractivity contribution in [3.05, 3.63) is 0 Å². The Morgan fingerprint density at radius 3 is 2.73 bits per heavy atom. The van der Waals surface area contributed by atoms with Crippen molar-refractivity contribution in [2.24, 2.45) is 11.8 Å². The normalized spacial score (nSPS) is 45.5. The average Bonchev–Trinajstić information content (AvgIpc) is 2.63. The van der Waals surface area contributed by atoms with Gasteiger partial charge >= 0.3 is 0 Å². The molecule has 0 amide bonds. The molecule has 11 heavy (non-hydrogen) atoms. The molecule has 1 saturated heterocycles. The van der Waals surface area contributed by atoms with E-state index in [0.29, 0.717) is 12.1 Å². The molecule has 1 aliphatic heterocycles. The fourth-order valence-corrected chi connectivity index (χ4v) is 2.56. The Kier molecular flexibility index (Phi) is 1.69. The summed E-state index contributed by atoms with van der Waals surface area (Å²) in [6.07, 6.45) is 1.86. The van der Waals surface area contributed by atoms with Crippen LogP contribution < -0.4 is 0 Å². The molecule has 2 nitrogen and oxygen atoms in total. The summed E-state index contributed by atoms with van der Waals surface area (Å²) in [7, 11) is 4.03. The summed E-state index contributed by atoms with van der Waals surface area (Å²) in [6.45, 7) is 3.48. The van der Waals surface area contributed by atoms with E-state index in [1.54, 1.807) is 0 Å². The second kappa shape index (κ2) is 2.46. The zero-order valence-corrected chi connectivity index (χ0v) is 7.58. The van der Waals surface area contributed by atoms with Gasteiger partial charge in [0.15, 0.2) is 0 Å². The molecule has 1 saturated carbocycles. The van der Waals surface area contributed by atoms with Gasteiger partial charge in [0.1, 0.15) is 0 Å². The standard InChI is InChI=1S/C9H17NO/c1-6(11-3)9-8-4-7(8)5-10(9)2/h6-9H,4-5H2,1-3H3/t6?,7-,8-,9+/m0/s1. The summed E-state index contributed by atoms with van der Waals surface area (Å²) in [5.74, 6) is 1.96. The first kappa shape index (κ1) is 7.56. The highest BCUT2D eigenvalue weighted by Crippen LogP contribution is 2.50. The van der Waals surface area contributed by atoms with Crippen LogP contribution in [0.5, 0.6) is 0 Å². The maximum Gasteiger partial charge on any atom is 0.0701 e. The van der Waals surface area contributed by atoms with Gasteiger partial charge < -0.3 is 9.64 Å². The molecule has 0 radical (unpaired) electrons. The molecule has 0 aromatic rings. The third kappa shape index (κ3) is 1.09. The summed E-state index contributed by atoms with van der Waals surface area (Å²) in [4.78, 5) is 2.45. The van der Waals surface area contributed by atoms with Crippen LogP contribution in [0.3, 0.4) is 0 Å². The van der Waals surface area contributed by atoms with Gasteiger partial charge in [-0.05, 0) is 32.2 Å². The summed E-state index contributed by atoms with van der Waals surface area (Å²) in [5.41, 5.74) is 0. The first-order valence-corrected chi connectivity index (χ1v) is 4.47. The van der Waals surface area contributed by atoms with Crippen molar-refractivity contribution in [2.45, 2.75) is 25.5 Å². The summed E-state index contributed by atoms with van der Waals surface area (Å²) >= 11 is 0. The molecular weight excluding hydrogens is 138 g/mol. The van der Waals surface area contributed by atoms with Crippen LogP contribution in [0.1, 0.15) is 13.3 Å². The number of likely N-dealkylation sites (N-methyl/N-ethyl adjacent to an activating group) is 1. The Hall–Kier alpha value is -0.0800. The molecule has 1 aliphatic carbocycles. The smallest absolute Gasteiger partial charge is 0.0701 e. The van der Waals surface area contributed by atoms with Gasteiger partial charge in [-0.2, -0.15) is 0 Å². The van der Waals surface area contributed by atoms with Gasteiger partial charge in [-0.15, -0.1) is 0 Å². The van der Waals surface area contributed by atoms with Crippen LogP contribution in [0.15, 0.2) is 0 Å². The highest BCUT2D eigenvalue weighted by Gasteiger charge is 2.52. The van der Waals surface area contributed by atoms with Crippen molar-refractivity contribution >= 4 is 0 Å². The minimum absolute atomic E-state index is 0.414. The quantitative estimate of drug-likeness (QED) is 0.589. The van der Waals surface area contributed by atoms with E-state index < -0.39 is 0 Å². The van der Waals surface area contributed by atoms with Gasteiger partial charge in [-0.1, -0.05) is 0 Å². The Morgan fingerprint density at radius 2 is 2.27 bits per heavy atom. The number of likely N-dealkylation sites (tertiary alicyclic amines) is 1.